The molecule has 1 heterocycles. The van der Waals surface area contributed by atoms with Gasteiger partial charge < -0.3 is 10.0 Å². The zero-order chi connectivity index (χ0) is 14.8. The highest BCUT2D eigenvalue weighted by Crippen LogP contribution is 2.17. The molecule has 6 heteroatoms. The van der Waals surface area contributed by atoms with E-state index < -0.39 is 10.0 Å². The maximum absolute atomic E-state index is 12.3. The zero-order valence-electron chi connectivity index (χ0n) is 12.0. The summed E-state index contributed by atoms with van der Waals surface area (Å²) in [4.78, 5) is 2.39. The first-order valence-corrected chi connectivity index (χ1v) is 8.32. The van der Waals surface area contributed by atoms with Crippen LogP contribution in [0.4, 0.5) is 0 Å². The van der Waals surface area contributed by atoms with Crippen molar-refractivity contribution in [3.63, 3.8) is 0 Å². The molecule has 1 atom stereocenters. The first-order chi connectivity index (χ1) is 9.44. The van der Waals surface area contributed by atoms with E-state index in [0.29, 0.717) is 12.1 Å². The van der Waals surface area contributed by atoms with Crippen LogP contribution in [-0.4, -0.2) is 44.6 Å². The third kappa shape index (κ3) is 3.38. The van der Waals surface area contributed by atoms with E-state index in [1.807, 2.05) is 14.0 Å². The molecule has 2 N–H and O–H groups in total. The Labute approximate surface area is 120 Å². The summed E-state index contributed by atoms with van der Waals surface area (Å²) < 4.78 is 27.2. The Morgan fingerprint density at radius 1 is 1.45 bits per heavy atom. The van der Waals surface area contributed by atoms with Crippen molar-refractivity contribution in [2.75, 3.05) is 20.1 Å². The van der Waals surface area contributed by atoms with Crippen LogP contribution in [0.1, 0.15) is 24.0 Å². The van der Waals surface area contributed by atoms with Crippen molar-refractivity contribution < 1.29 is 13.5 Å². The Morgan fingerprint density at radius 2 is 2.20 bits per heavy atom. The highest BCUT2D eigenvalue weighted by molar-refractivity contribution is 7.89. The predicted molar refractivity (Wildman–Crippen MR) is 77.9 cm³/mol. The third-order valence-corrected chi connectivity index (χ3v) is 5.40. The molecule has 20 heavy (non-hydrogen) atoms. The molecule has 0 aromatic heterocycles. The number of aryl methyl sites for hydroxylation is 1. The van der Waals surface area contributed by atoms with E-state index >= 15 is 0 Å². The Balaban J connectivity index is 2.10. The fraction of sp³-hybridized carbons (Fsp3) is 0.571. The van der Waals surface area contributed by atoms with Gasteiger partial charge in [-0.3, -0.25) is 0 Å². The van der Waals surface area contributed by atoms with Gasteiger partial charge in [0.1, 0.15) is 0 Å². The van der Waals surface area contributed by atoms with Gasteiger partial charge in [-0.15, -0.1) is 0 Å². The molecular formula is C14H22N2O3S. The molecule has 2 rings (SSSR count). The van der Waals surface area contributed by atoms with Crippen LogP contribution in [0.15, 0.2) is 23.1 Å². The van der Waals surface area contributed by atoms with E-state index in [-0.39, 0.29) is 17.5 Å². The number of aliphatic hydroxyl groups is 1. The van der Waals surface area contributed by atoms with E-state index in [9.17, 15) is 13.5 Å². The quantitative estimate of drug-likeness (QED) is 0.846. The summed E-state index contributed by atoms with van der Waals surface area (Å²) in [6.45, 7) is 3.15. The molecule has 0 radical (unpaired) electrons. The van der Waals surface area contributed by atoms with Crippen molar-refractivity contribution in [2.45, 2.75) is 37.3 Å². The summed E-state index contributed by atoms with van der Waals surface area (Å²) in [6.07, 6.45) is 2.14. The van der Waals surface area contributed by atoms with Crippen molar-refractivity contribution in [3.8, 4) is 0 Å². The van der Waals surface area contributed by atoms with Crippen LogP contribution in [0, 0.1) is 6.92 Å². The summed E-state index contributed by atoms with van der Waals surface area (Å²) in [5.41, 5.74) is 1.54. The SMILES string of the molecule is Cc1ccc(S(=O)(=O)NCC2CCCN2C)cc1CO. The van der Waals surface area contributed by atoms with Gasteiger partial charge in [-0.1, -0.05) is 6.07 Å². The van der Waals surface area contributed by atoms with E-state index in [2.05, 4.69) is 9.62 Å². The Morgan fingerprint density at radius 3 is 2.80 bits per heavy atom. The Hall–Kier alpha value is -0.950. The molecule has 1 aliphatic rings. The largest absolute Gasteiger partial charge is 0.392 e. The summed E-state index contributed by atoms with van der Waals surface area (Å²) in [5.74, 6) is 0. The fourth-order valence-corrected chi connectivity index (χ4v) is 3.63. The van der Waals surface area contributed by atoms with Crippen molar-refractivity contribution >= 4 is 10.0 Å². The van der Waals surface area contributed by atoms with Crippen LogP contribution in [0.3, 0.4) is 0 Å². The minimum Gasteiger partial charge on any atom is -0.392 e. The summed E-state index contributed by atoms with van der Waals surface area (Å²) in [7, 11) is -1.49. The van der Waals surface area contributed by atoms with E-state index in [1.165, 1.54) is 6.07 Å². The lowest BCUT2D eigenvalue weighted by Crippen LogP contribution is -2.38. The van der Waals surface area contributed by atoms with Crippen LogP contribution < -0.4 is 4.72 Å². The molecule has 0 aliphatic carbocycles. The van der Waals surface area contributed by atoms with Gasteiger partial charge in [0.05, 0.1) is 11.5 Å². The molecule has 5 nitrogen and oxygen atoms in total. The number of rotatable bonds is 5. The second kappa shape index (κ2) is 6.22. The summed E-state index contributed by atoms with van der Waals surface area (Å²) in [6, 6.07) is 5.11. The predicted octanol–water partition coefficient (Wildman–Crippen LogP) is 0.860. The maximum atomic E-state index is 12.3. The van der Waals surface area contributed by atoms with Gasteiger partial charge in [-0.05, 0) is 56.6 Å². The number of sulfonamides is 1. The lowest BCUT2D eigenvalue weighted by atomic mass is 10.1. The summed E-state index contributed by atoms with van der Waals surface area (Å²) in [5, 5.41) is 9.22. The topological polar surface area (TPSA) is 69.6 Å². The minimum atomic E-state index is -3.51. The normalized spacial score (nSPS) is 20.4. The third-order valence-electron chi connectivity index (χ3n) is 3.98. The first-order valence-electron chi connectivity index (χ1n) is 6.84. The smallest absolute Gasteiger partial charge is 0.240 e. The van der Waals surface area contributed by atoms with E-state index in [4.69, 9.17) is 0 Å². The van der Waals surface area contributed by atoms with Gasteiger partial charge in [-0.25, -0.2) is 13.1 Å². The van der Waals surface area contributed by atoms with Crippen molar-refractivity contribution in [3.05, 3.63) is 29.3 Å². The van der Waals surface area contributed by atoms with Crippen molar-refractivity contribution in [1.82, 2.24) is 9.62 Å². The van der Waals surface area contributed by atoms with Gasteiger partial charge in [0.25, 0.3) is 0 Å². The minimum absolute atomic E-state index is 0.152. The lowest BCUT2D eigenvalue weighted by Gasteiger charge is -2.19. The van der Waals surface area contributed by atoms with Crippen molar-refractivity contribution in [2.24, 2.45) is 0 Å². The molecule has 1 aromatic carbocycles. The molecule has 0 amide bonds. The molecule has 0 bridgehead atoms. The average molecular weight is 298 g/mol. The van der Waals surface area contributed by atoms with Crippen LogP contribution >= 0.6 is 0 Å². The second-order valence-corrected chi connectivity index (χ2v) is 7.14. The number of benzene rings is 1. The Kier molecular flexibility index (Phi) is 4.80. The van der Waals surface area contributed by atoms with E-state index in [1.54, 1.807) is 12.1 Å². The number of hydrogen-bond donors (Lipinski definition) is 2. The second-order valence-electron chi connectivity index (χ2n) is 5.37. The number of nitrogens with zero attached hydrogens (tertiary/aromatic N) is 1. The Bertz CT molecular complexity index is 572. The van der Waals surface area contributed by atoms with Crippen molar-refractivity contribution in [1.29, 1.82) is 0 Å². The zero-order valence-corrected chi connectivity index (χ0v) is 12.8. The lowest BCUT2D eigenvalue weighted by molar-refractivity contribution is 0.280. The van der Waals surface area contributed by atoms with Crippen LogP contribution in [0.25, 0.3) is 0 Å². The number of nitrogens with one attached hydrogen (secondary N) is 1. The monoisotopic (exact) mass is 298 g/mol. The molecule has 112 valence electrons. The van der Waals surface area contributed by atoms with Crippen LogP contribution in [0.2, 0.25) is 0 Å². The first kappa shape index (κ1) is 15.4. The number of likely N-dealkylation sites (N-methyl/N-ethyl adjacent to an activating group) is 1. The standard InChI is InChI=1S/C14H22N2O3S/c1-11-5-6-14(8-12(11)10-17)20(18,19)15-9-13-4-3-7-16(13)2/h5-6,8,13,15,17H,3-4,7,9-10H2,1-2H3. The van der Waals surface area contributed by atoms with Crippen LogP contribution in [0.5, 0.6) is 0 Å². The highest BCUT2D eigenvalue weighted by Gasteiger charge is 2.23. The molecule has 0 saturated carbocycles. The fourth-order valence-electron chi connectivity index (χ4n) is 2.51. The molecule has 1 unspecified atom stereocenters. The maximum Gasteiger partial charge on any atom is 0.240 e. The number of aliphatic hydroxyl groups excluding tert-OH is 1. The molecule has 1 aliphatic heterocycles. The van der Waals surface area contributed by atoms with E-state index in [0.717, 1.165) is 24.9 Å². The molecule has 1 aromatic rings. The van der Waals surface area contributed by atoms with Crippen LogP contribution in [-0.2, 0) is 16.6 Å². The molecular weight excluding hydrogens is 276 g/mol. The van der Waals surface area contributed by atoms with Gasteiger partial charge in [0.2, 0.25) is 10.0 Å². The van der Waals surface area contributed by atoms with Gasteiger partial charge in [0, 0.05) is 12.6 Å². The van der Waals surface area contributed by atoms with Gasteiger partial charge in [0.15, 0.2) is 0 Å². The van der Waals surface area contributed by atoms with Gasteiger partial charge >= 0.3 is 0 Å². The average Bonchev–Trinajstić information content (AvgIpc) is 2.82. The number of likely N-dealkylation sites (tertiary alicyclic amines) is 1. The molecule has 0 spiro atoms. The highest BCUT2D eigenvalue weighted by atomic mass is 32.2. The van der Waals surface area contributed by atoms with Gasteiger partial charge in [-0.2, -0.15) is 0 Å². The molecule has 1 fully saturated rings. The summed E-state index contributed by atoms with van der Waals surface area (Å²) >= 11 is 0. The number of hydrogen-bond acceptors (Lipinski definition) is 4. The molecule has 1 saturated heterocycles.